The summed E-state index contributed by atoms with van der Waals surface area (Å²) in [6.07, 6.45) is -0.327. The van der Waals surface area contributed by atoms with E-state index in [0.717, 1.165) is 12.0 Å². The summed E-state index contributed by atoms with van der Waals surface area (Å²) in [7, 11) is 0. The Morgan fingerprint density at radius 1 is 1.40 bits per heavy atom. The summed E-state index contributed by atoms with van der Waals surface area (Å²) >= 11 is 0. The first-order valence-electron chi connectivity index (χ1n) is 6.36. The second-order valence-electron chi connectivity index (χ2n) is 4.41. The van der Waals surface area contributed by atoms with Crippen LogP contribution in [0.5, 0.6) is 5.75 Å². The summed E-state index contributed by atoms with van der Waals surface area (Å²) in [6.45, 7) is 3.00. The van der Waals surface area contributed by atoms with Crippen LogP contribution in [0.4, 0.5) is 0 Å². The Hall–Kier alpha value is -2.08. The number of carbonyl (C=O) groups is 2. The third-order valence-electron chi connectivity index (χ3n) is 2.74. The van der Waals surface area contributed by atoms with E-state index in [1.54, 1.807) is 6.07 Å². The molecule has 0 bridgehead atoms. The summed E-state index contributed by atoms with van der Waals surface area (Å²) in [4.78, 5) is 22.4. The standard InChI is InChI=1S/C14H19NO5/c1-3-10-5-4-6-11(7-10)20-8-12(17)15-13(9(2)16)14(18)19/h4-7,9,13,16H,3,8H2,1-2H3,(H,15,17)(H,18,19). The van der Waals surface area contributed by atoms with Gasteiger partial charge in [0.05, 0.1) is 6.10 Å². The van der Waals surface area contributed by atoms with E-state index < -0.39 is 24.0 Å². The lowest BCUT2D eigenvalue weighted by molar-refractivity contribution is -0.145. The Morgan fingerprint density at radius 2 is 2.10 bits per heavy atom. The van der Waals surface area contributed by atoms with E-state index in [9.17, 15) is 14.7 Å². The number of aliphatic hydroxyl groups is 1. The van der Waals surface area contributed by atoms with Gasteiger partial charge >= 0.3 is 5.97 Å². The highest BCUT2D eigenvalue weighted by Crippen LogP contribution is 2.13. The molecule has 0 aliphatic rings. The van der Waals surface area contributed by atoms with Crippen LogP contribution < -0.4 is 10.1 Å². The van der Waals surface area contributed by atoms with Gasteiger partial charge in [0.1, 0.15) is 5.75 Å². The van der Waals surface area contributed by atoms with Gasteiger partial charge in [-0.1, -0.05) is 19.1 Å². The van der Waals surface area contributed by atoms with Crippen molar-refractivity contribution < 1.29 is 24.5 Å². The summed E-state index contributed by atoms with van der Waals surface area (Å²) in [5, 5.41) is 20.3. The monoisotopic (exact) mass is 281 g/mol. The van der Waals surface area contributed by atoms with Crippen LogP contribution in [-0.4, -0.2) is 40.8 Å². The first kappa shape index (κ1) is 16.0. The molecule has 0 heterocycles. The number of carbonyl (C=O) groups excluding carboxylic acids is 1. The molecule has 2 atom stereocenters. The number of carboxylic acid groups (broad SMARTS) is 1. The lowest BCUT2D eigenvalue weighted by Gasteiger charge is -2.17. The van der Waals surface area contributed by atoms with Crippen molar-refractivity contribution >= 4 is 11.9 Å². The molecule has 110 valence electrons. The molecule has 3 N–H and O–H groups in total. The molecule has 2 unspecified atom stereocenters. The van der Waals surface area contributed by atoms with E-state index in [2.05, 4.69) is 5.32 Å². The fourth-order valence-corrected chi connectivity index (χ4v) is 1.61. The summed E-state index contributed by atoms with van der Waals surface area (Å²) in [6, 6.07) is 5.96. The molecular formula is C14H19NO5. The normalized spacial score (nSPS) is 13.3. The minimum absolute atomic E-state index is 0.302. The van der Waals surface area contributed by atoms with Crippen molar-refractivity contribution in [2.75, 3.05) is 6.61 Å². The highest BCUT2D eigenvalue weighted by atomic mass is 16.5. The smallest absolute Gasteiger partial charge is 0.328 e. The maximum atomic E-state index is 11.6. The van der Waals surface area contributed by atoms with Crippen LogP contribution in [0.2, 0.25) is 0 Å². The van der Waals surface area contributed by atoms with Gasteiger partial charge in [0.15, 0.2) is 12.6 Å². The highest BCUT2D eigenvalue weighted by molar-refractivity contribution is 5.84. The Balaban J connectivity index is 2.52. The first-order valence-corrected chi connectivity index (χ1v) is 6.36. The molecule has 6 nitrogen and oxygen atoms in total. The third-order valence-corrected chi connectivity index (χ3v) is 2.74. The molecule has 0 aromatic heterocycles. The molecule has 20 heavy (non-hydrogen) atoms. The SMILES string of the molecule is CCc1cccc(OCC(=O)NC(C(=O)O)C(C)O)c1. The fraction of sp³-hybridized carbons (Fsp3) is 0.429. The van der Waals surface area contributed by atoms with Crippen LogP contribution in [0.1, 0.15) is 19.4 Å². The molecule has 0 spiro atoms. The number of hydrogen-bond donors (Lipinski definition) is 3. The quantitative estimate of drug-likeness (QED) is 0.679. The van der Waals surface area contributed by atoms with E-state index in [0.29, 0.717) is 5.75 Å². The van der Waals surface area contributed by atoms with E-state index in [1.807, 2.05) is 25.1 Å². The van der Waals surface area contributed by atoms with Crippen molar-refractivity contribution in [3.8, 4) is 5.75 Å². The van der Waals surface area contributed by atoms with Crippen LogP contribution in [0.3, 0.4) is 0 Å². The zero-order chi connectivity index (χ0) is 15.1. The average Bonchev–Trinajstić information content (AvgIpc) is 2.42. The Labute approximate surface area is 117 Å². The summed E-state index contributed by atoms with van der Waals surface area (Å²) in [5.41, 5.74) is 1.08. The number of ether oxygens (including phenoxy) is 1. The molecule has 0 aliphatic heterocycles. The minimum Gasteiger partial charge on any atom is -0.484 e. The van der Waals surface area contributed by atoms with E-state index in [1.165, 1.54) is 6.92 Å². The van der Waals surface area contributed by atoms with Gasteiger partial charge in [0.2, 0.25) is 0 Å². The zero-order valence-corrected chi connectivity index (χ0v) is 11.5. The molecule has 0 saturated carbocycles. The van der Waals surface area contributed by atoms with E-state index in [-0.39, 0.29) is 6.61 Å². The molecule has 1 aromatic rings. The van der Waals surface area contributed by atoms with Gasteiger partial charge in [0.25, 0.3) is 5.91 Å². The Morgan fingerprint density at radius 3 is 2.65 bits per heavy atom. The number of carboxylic acids is 1. The number of benzene rings is 1. The van der Waals surface area contributed by atoms with Gasteiger partial charge in [-0.2, -0.15) is 0 Å². The first-order chi connectivity index (χ1) is 9.43. The summed E-state index contributed by atoms with van der Waals surface area (Å²) < 4.78 is 5.28. The number of hydrogen-bond acceptors (Lipinski definition) is 4. The molecule has 1 amide bonds. The minimum atomic E-state index is -1.34. The van der Waals surface area contributed by atoms with Crippen LogP contribution in [0, 0.1) is 0 Å². The maximum Gasteiger partial charge on any atom is 0.328 e. The van der Waals surface area contributed by atoms with Gasteiger partial charge in [0, 0.05) is 0 Å². The molecule has 1 rings (SSSR count). The molecular weight excluding hydrogens is 262 g/mol. The fourth-order valence-electron chi connectivity index (χ4n) is 1.61. The third kappa shape index (κ3) is 4.89. The molecule has 6 heteroatoms. The van der Waals surface area contributed by atoms with Gasteiger partial charge in [-0.3, -0.25) is 4.79 Å². The van der Waals surface area contributed by atoms with Crippen molar-refractivity contribution in [1.82, 2.24) is 5.32 Å². The topological polar surface area (TPSA) is 95.9 Å². The van der Waals surface area contributed by atoms with Crippen molar-refractivity contribution in [2.45, 2.75) is 32.4 Å². The number of aryl methyl sites for hydroxylation is 1. The second-order valence-corrected chi connectivity index (χ2v) is 4.41. The van der Waals surface area contributed by atoms with E-state index in [4.69, 9.17) is 9.84 Å². The molecule has 0 aliphatic carbocycles. The van der Waals surface area contributed by atoms with Crippen molar-refractivity contribution in [3.05, 3.63) is 29.8 Å². The predicted octanol–water partition coefficient (Wildman–Crippen LogP) is 0.578. The van der Waals surface area contributed by atoms with Crippen molar-refractivity contribution in [3.63, 3.8) is 0 Å². The van der Waals surface area contributed by atoms with Gasteiger partial charge in [-0.15, -0.1) is 0 Å². The molecule has 0 fully saturated rings. The van der Waals surface area contributed by atoms with E-state index >= 15 is 0 Å². The molecule has 0 radical (unpaired) electrons. The summed E-state index contributed by atoms with van der Waals surface area (Å²) in [5.74, 6) is -1.34. The van der Waals surface area contributed by atoms with Gasteiger partial charge in [-0.25, -0.2) is 4.79 Å². The van der Waals surface area contributed by atoms with Gasteiger partial charge < -0.3 is 20.3 Å². The molecule has 0 saturated heterocycles. The van der Waals surface area contributed by atoms with Crippen molar-refractivity contribution in [1.29, 1.82) is 0 Å². The number of aliphatic hydroxyl groups excluding tert-OH is 1. The Kier molecular flexibility index (Phi) is 5.99. The number of aliphatic carboxylic acids is 1. The Bertz CT molecular complexity index is 472. The van der Waals surface area contributed by atoms with Crippen molar-refractivity contribution in [2.24, 2.45) is 0 Å². The average molecular weight is 281 g/mol. The number of nitrogens with one attached hydrogen (secondary N) is 1. The van der Waals surface area contributed by atoms with Crippen LogP contribution in [-0.2, 0) is 16.0 Å². The lowest BCUT2D eigenvalue weighted by atomic mass is 10.2. The van der Waals surface area contributed by atoms with Crippen LogP contribution in [0.15, 0.2) is 24.3 Å². The molecule has 1 aromatic carbocycles. The zero-order valence-electron chi connectivity index (χ0n) is 11.5. The largest absolute Gasteiger partial charge is 0.484 e. The number of amides is 1. The van der Waals surface area contributed by atoms with Gasteiger partial charge in [-0.05, 0) is 31.0 Å². The lowest BCUT2D eigenvalue weighted by Crippen LogP contribution is -2.49. The maximum absolute atomic E-state index is 11.6. The number of rotatable bonds is 7. The highest BCUT2D eigenvalue weighted by Gasteiger charge is 2.24. The van der Waals surface area contributed by atoms with Crippen LogP contribution in [0.25, 0.3) is 0 Å². The second kappa shape index (κ2) is 7.49. The van der Waals surface area contributed by atoms with Crippen LogP contribution >= 0.6 is 0 Å². The predicted molar refractivity (Wildman–Crippen MR) is 72.6 cm³/mol.